The minimum absolute atomic E-state index is 0.00417. The Balaban J connectivity index is 2.01. The van der Waals surface area contributed by atoms with E-state index in [1.807, 2.05) is 11.3 Å². The maximum atomic E-state index is 12.7. The smallest absolute Gasteiger partial charge is 0.151 e. The second-order valence-corrected chi connectivity index (χ2v) is 22.9. The zero-order chi connectivity index (χ0) is 43.2. The summed E-state index contributed by atoms with van der Waals surface area (Å²) in [6, 6.07) is 9.24. The molecule has 0 saturated carbocycles. The number of aldehydes is 2. The Morgan fingerprint density at radius 2 is 1.10 bits per heavy atom. The highest BCUT2D eigenvalue weighted by Gasteiger charge is 2.27. The molecule has 0 radical (unpaired) electrons. The van der Waals surface area contributed by atoms with Crippen LogP contribution in [-0.2, 0) is 15.0 Å². The van der Waals surface area contributed by atoms with E-state index in [-0.39, 0.29) is 15.7 Å². The standard InChI is InChI=1S/C52H76O4S3/c1-12-16-20-22-26-37(24-18-14-3)34-55-48-40-29-45-42(31-47(58-45)51(6,7)8)49(56-35-38(25-19-15-4)27-23-21-17-13-2)39(40)28-44-41(48)30-46(57-44)50(59-52(9,10)11)43(33-54)36(5)32-53/h28-33,37-38H,5,12-27,34-35H2,1-4,6-11H3/b50-43-. The van der Waals surface area contributed by atoms with E-state index >= 15 is 0 Å². The number of thioether (sulfide) groups is 1. The molecule has 2 aromatic carbocycles. The first-order valence-electron chi connectivity index (χ1n) is 22.9. The van der Waals surface area contributed by atoms with Crippen molar-refractivity contribution in [2.75, 3.05) is 13.2 Å². The number of carbonyl (C=O) groups excluding carboxylic acids is 2. The topological polar surface area (TPSA) is 52.6 Å². The van der Waals surface area contributed by atoms with Gasteiger partial charge in [0, 0.05) is 61.5 Å². The van der Waals surface area contributed by atoms with E-state index in [2.05, 4.69) is 100 Å². The minimum Gasteiger partial charge on any atom is -0.492 e. The number of hydrogen-bond acceptors (Lipinski definition) is 7. The Labute approximate surface area is 370 Å². The van der Waals surface area contributed by atoms with Gasteiger partial charge in [-0.05, 0) is 67.2 Å². The predicted molar refractivity (Wildman–Crippen MR) is 263 cm³/mol. The molecular formula is C52H76O4S3. The molecule has 4 aromatic rings. The number of carbonyl (C=O) groups is 2. The third kappa shape index (κ3) is 13.9. The number of benzene rings is 2. The summed E-state index contributed by atoms with van der Waals surface area (Å²) in [5.74, 6) is 2.84. The van der Waals surface area contributed by atoms with Crippen molar-refractivity contribution in [3.8, 4) is 11.5 Å². The molecule has 4 rings (SSSR count). The Bertz CT molecular complexity index is 2000. The van der Waals surface area contributed by atoms with Crippen molar-refractivity contribution in [1.82, 2.24) is 0 Å². The van der Waals surface area contributed by atoms with Crippen LogP contribution in [0.5, 0.6) is 11.5 Å². The fraction of sp³-hybridized carbons (Fsp3) is 0.615. The van der Waals surface area contributed by atoms with E-state index in [1.54, 1.807) is 23.1 Å². The van der Waals surface area contributed by atoms with Crippen LogP contribution in [0.25, 0.3) is 35.8 Å². The fourth-order valence-corrected chi connectivity index (χ4v) is 11.4. The second kappa shape index (κ2) is 23.6. The summed E-state index contributed by atoms with van der Waals surface area (Å²) in [4.78, 5) is 27.8. The Kier molecular flexibility index (Phi) is 19.6. The van der Waals surface area contributed by atoms with Crippen LogP contribution in [0.4, 0.5) is 0 Å². The van der Waals surface area contributed by atoms with Gasteiger partial charge in [0.05, 0.1) is 13.2 Å². The van der Waals surface area contributed by atoms with Gasteiger partial charge in [0.2, 0.25) is 0 Å². The van der Waals surface area contributed by atoms with E-state index < -0.39 is 0 Å². The van der Waals surface area contributed by atoms with E-state index in [1.165, 1.54) is 111 Å². The average molecular weight is 861 g/mol. The zero-order valence-corrected chi connectivity index (χ0v) is 40.9. The third-order valence-electron chi connectivity index (χ3n) is 11.4. The normalized spacial score (nSPS) is 13.9. The van der Waals surface area contributed by atoms with Crippen molar-refractivity contribution < 1.29 is 19.1 Å². The molecule has 7 heteroatoms. The molecule has 2 heterocycles. The molecule has 59 heavy (non-hydrogen) atoms. The average Bonchev–Trinajstić information content (AvgIpc) is 3.83. The van der Waals surface area contributed by atoms with Gasteiger partial charge < -0.3 is 9.47 Å². The number of allylic oxidation sites excluding steroid dienone is 2. The molecule has 0 saturated heterocycles. The van der Waals surface area contributed by atoms with Gasteiger partial charge in [-0.2, -0.15) is 0 Å². The Morgan fingerprint density at radius 1 is 0.627 bits per heavy atom. The summed E-state index contributed by atoms with van der Waals surface area (Å²) in [5, 5.41) is 4.39. The molecule has 326 valence electrons. The highest BCUT2D eigenvalue weighted by molar-refractivity contribution is 8.09. The van der Waals surface area contributed by atoms with Crippen LogP contribution in [0.2, 0.25) is 0 Å². The second-order valence-electron chi connectivity index (χ2n) is 18.9. The maximum absolute atomic E-state index is 12.7. The van der Waals surface area contributed by atoms with E-state index in [4.69, 9.17) is 9.47 Å². The van der Waals surface area contributed by atoms with Gasteiger partial charge >= 0.3 is 0 Å². The monoisotopic (exact) mass is 860 g/mol. The number of unbranched alkanes of at least 4 members (excludes halogenated alkanes) is 8. The molecule has 0 aliphatic rings. The molecular weight excluding hydrogens is 785 g/mol. The quantitative estimate of drug-likeness (QED) is 0.0259. The maximum Gasteiger partial charge on any atom is 0.151 e. The molecule has 0 spiro atoms. The van der Waals surface area contributed by atoms with Gasteiger partial charge in [0.1, 0.15) is 17.8 Å². The lowest BCUT2D eigenvalue weighted by atomic mass is 9.94. The van der Waals surface area contributed by atoms with Gasteiger partial charge in [-0.15, -0.1) is 34.4 Å². The molecule has 0 aliphatic carbocycles. The lowest BCUT2D eigenvalue weighted by molar-refractivity contribution is -0.107. The van der Waals surface area contributed by atoms with Crippen LogP contribution in [0.1, 0.15) is 182 Å². The van der Waals surface area contributed by atoms with Crippen LogP contribution < -0.4 is 9.47 Å². The Morgan fingerprint density at radius 3 is 1.54 bits per heavy atom. The summed E-state index contributed by atoms with van der Waals surface area (Å²) < 4.78 is 16.5. The highest BCUT2D eigenvalue weighted by Crippen LogP contribution is 2.51. The molecule has 0 fully saturated rings. The highest BCUT2D eigenvalue weighted by atomic mass is 32.2. The largest absolute Gasteiger partial charge is 0.492 e. The lowest BCUT2D eigenvalue weighted by Crippen LogP contribution is -2.13. The summed E-state index contributed by atoms with van der Waals surface area (Å²) in [5.41, 5.74) is 0.552. The van der Waals surface area contributed by atoms with Crippen molar-refractivity contribution in [3.63, 3.8) is 0 Å². The van der Waals surface area contributed by atoms with Crippen LogP contribution in [0, 0.1) is 11.8 Å². The molecule has 2 atom stereocenters. The number of ether oxygens (including phenoxy) is 2. The number of rotatable bonds is 27. The number of hydrogen-bond donors (Lipinski definition) is 0. The molecule has 4 nitrogen and oxygen atoms in total. The van der Waals surface area contributed by atoms with Crippen LogP contribution in [0.3, 0.4) is 0 Å². The summed E-state index contributed by atoms with van der Waals surface area (Å²) in [6.45, 7) is 27.8. The molecule has 2 unspecified atom stereocenters. The van der Waals surface area contributed by atoms with Crippen LogP contribution >= 0.6 is 34.4 Å². The van der Waals surface area contributed by atoms with Crippen molar-refractivity contribution in [1.29, 1.82) is 0 Å². The van der Waals surface area contributed by atoms with E-state index in [0.717, 1.165) is 54.8 Å². The van der Waals surface area contributed by atoms with E-state index in [9.17, 15) is 9.59 Å². The van der Waals surface area contributed by atoms with Gasteiger partial charge in [0.15, 0.2) is 6.29 Å². The van der Waals surface area contributed by atoms with Crippen molar-refractivity contribution in [2.45, 2.75) is 182 Å². The Hall–Kier alpha value is -2.61. The molecule has 0 amide bonds. The van der Waals surface area contributed by atoms with Crippen LogP contribution in [0.15, 0.2) is 42.0 Å². The lowest BCUT2D eigenvalue weighted by Gasteiger charge is -2.21. The first kappa shape index (κ1) is 49.0. The minimum atomic E-state index is -0.210. The molecule has 0 N–H and O–H groups in total. The number of fused-ring (bicyclic) bond motifs is 3. The SMILES string of the molecule is C=C(C=O)/C(C=O)=C(\SC(C)(C)C)c1cc2c(OCC(CCCC)CCCCCC)c3cc4sc(C(C)(C)C)cc4c(OCC(CCCC)CCCCCC)c3cc2s1. The van der Waals surface area contributed by atoms with Gasteiger partial charge in [-0.1, -0.05) is 153 Å². The van der Waals surface area contributed by atoms with Gasteiger partial charge in [-0.25, -0.2) is 0 Å². The van der Waals surface area contributed by atoms with Gasteiger partial charge in [-0.3, -0.25) is 9.59 Å². The molecule has 0 bridgehead atoms. The molecule has 0 aliphatic heterocycles. The summed E-state index contributed by atoms with van der Waals surface area (Å²) in [6.07, 6.45) is 21.1. The first-order chi connectivity index (χ1) is 28.2. The van der Waals surface area contributed by atoms with Crippen molar-refractivity contribution >= 4 is 82.9 Å². The van der Waals surface area contributed by atoms with Crippen LogP contribution in [-0.4, -0.2) is 30.5 Å². The van der Waals surface area contributed by atoms with Crippen molar-refractivity contribution in [3.05, 3.63) is 51.7 Å². The van der Waals surface area contributed by atoms with Crippen molar-refractivity contribution in [2.24, 2.45) is 11.8 Å². The van der Waals surface area contributed by atoms with Gasteiger partial charge in [0.25, 0.3) is 0 Å². The third-order valence-corrected chi connectivity index (χ3v) is 15.3. The van der Waals surface area contributed by atoms with E-state index in [0.29, 0.717) is 36.9 Å². The first-order valence-corrected chi connectivity index (χ1v) is 25.4. The number of thiophene rings is 2. The predicted octanol–water partition coefficient (Wildman–Crippen LogP) is 17.1. The zero-order valence-electron chi connectivity index (χ0n) is 38.4. The summed E-state index contributed by atoms with van der Waals surface area (Å²) >= 11 is 5.14. The fourth-order valence-electron chi connectivity index (χ4n) is 7.87. The molecule has 2 aromatic heterocycles. The summed E-state index contributed by atoms with van der Waals surface area (Å²) in [7, 11) is 0.